The molecule has 2 aromatic heterocycles. The van der Waals surface area contributed by atoms with Gasteiger partial charge in [0.1, 0.15) is 36.8 Å². The maximum absolute atomic E-state index is 12.9. The van der Waals surface area contributed by atoms with E-state index in [0.29, 0.717) is 0 Å². The van der Waals surface area contributed by atoms with Crippen LogP contribution in [0.1, 0.15) is 45.2 Å². The number of rotatable bonds is 15. The maximum Gasteiger partial charge on any atom is 0.407 e. The number of ether oxygens (including phenoxy) is 4. The molecule has 408 valence electrons. The number of H-pyrrole nitrogens is 2. The van der Waals surface area contributed by atoms with Crippen LogP contribution in [0.25, 0.3) is 55.3 Å². The number of fused-ring (bicyclic) bond motifs is 8. The number of carbonyl (C=O) groups excluding carboxylic acids is 2. The van der Waals surface area contributed by atoms with E-state index in [1.165, 1.54) is 3.57 Å². The first-order valence-corrected chi connectivity index (χ1v) is 27.3. The molecule has 10 aromatic rings. The van der Waals surface area contributed by atoms with Crippen LogP contribution in [0.15, 0.2) is 200 Å². The summed E-state index contributed by atoms with van der Waals surface area (Å²) in [5.41, 5.74) is 14.0. The molecule has 0 radical (unpaired) electrons. The Morgan fingerprint density at radius 2 is 0.914 bits per heavy atom. The molecule has 14 nitrogen and oxygen atoms in total. The summed E-state index contributed by atoms with van der Waals surface area (Å²) in [4.78, 5) is 56.1. The highest BCUT2D eigenvalue weighted by Gasteiger charge is 2.32. The summed E-state index contributed by atoms with van der Waals surface area (Å²) in [6.45, 7) is 0.246. The normalized spacial score (nSPS) is 12.7. The zero-order chi connectivity index (χ0) is 56.4. The minimum atomic E-state index is -1.19. The van der Waals surface area contributed by atoms with Crippen LogP contribution in [0.5, 0.6) is 11.5 Å². The molecule has 0 bridgehead atoms. The van der Waals surface area contributed by atoms with Crippen molar-refractivity contribution in [3.63, 3.8) is 0 Å². The highest BCUT2D eigenvalue weighted by atomic mass is 127. The van der Waals surface area contributed by atoms with E-state index in [0.717, 1.165) is 100 Å². The third-order valence-corrected chi connectivity index (χ3v) is 15.3. The Morgan fingerprint density at radius 1 is 0.506 bits per heavy atom. The predicted octanol–water partition coefficient (Wildman–Crippen LogP) is 13.4. The Kier molecular flexibility index (Phi) is 17.1. The number of aromatic nitrogens is 2. The third-order valence-electron chi connectivity index (χ3n) is 14.6. The number of benzene rings is 8. The van der Waals surface area contributed by atoms with Crippen LogP contribution in [0.3, 0.4) is 0 Å². The quantitative estimate of drug-likeness (QED) is 0.0537. The van der Waals surface area contributed by atoms with Gasteiger partial charge in [-0.25, -0.2) is 19.2 Å². The molecule has 0 aliphatic heterocycles. The summed E-state index contributed by atoms with van der Waals surface area (Å²) in [7, 11) is 3.28. The van der Waals surface area contributed by atoms with Gasteiger partial charge in [-0.05, 0) is 144 Å². The monoisotopic (exact) mass is 1190 g/mol. The van der Waals surface area contributed by atoms with Crippen LogP contribution < -0.4 is 20.1 Å². The standard InChI is InChI=1S/C33H28N2O5.C26H22N2O4.C7H7IO/c1-39-21-16-14-20(15-17-21)31-27(26-12-6-7-13-29(26)34-31)18-30(32(36)37)35-33(38)40-19-28-24-10-4-2-8-22(24)23-9-3-5-11-25(23)28;29-25(30)24(13-16-14-27-23-12-6-5-7-17(16)23)28-26(31)32-15-22-20-10-3-1-8-18(20)19-9-2-4-11-21(19)22;1-9-7-4-2-6(8)3-5-7/h2-17,28,30,34H,18-19H2,1H3,(H,35,38)(H,36,37);1-12,14,22,24,27H,13,15H2,(H,28,31)(H,29,30);2-5H,1H3/t30-;24-;/m00./s1. The van der Waals surface area contributed by atoms with Crippen LogP contribution >= 0.6 is 22.6 Å². The van der Waals surface area contributed by atoms with Gasteiger partial charge < -0.3 is 49.8 Å². The zero-order valence-corrected chi connectivity index (χ0v) is 46.4. The van der Waals surface area contributed by atoms with Crippen LogP contribution in [-0.2, 0) is 31.9 Å². The number of carboxylic acid groups (broad SMARTS) is 2. The average molecular weight is 1190 g/mol. The van der Waals surface area contributed by atoms with Crippen molar-refractivity contribution in [1.82, 2.24) is 20.6 Å². The number of methoxy groups -OCH3 is 2. The number of alkyl carbamates (subject to hydrolysis) is 2. The molecule has 0 saturated heterocycles. The summed E-state index contributed by atoms with van der Waals surface area (Å²) in [5, 5.41) is 26.7. The smallest absolute Gasteiger partial charge is 0.407 e. The second kappa shape index (κ2) is 25.2. The minimum Gasteiger partial charge on any atom is -0.497 e. The number of amides is 2. The van der Waals surface area contributed by atoms with Gasteiger partial charge in [-0.2, -0.15) is 0 Å². The summed E-state index contributed by atoms with van der Waals surface area (Å²) < 4.78 is 22.6. The molecule has 81 heavy (non-hydrogen) atoms. The Labute approximate surface area is 481 Å². The zero-order valence-electron chi connectivity index (χ0n) is 44.2. The molecule has 2 amide bonds. The second-order valence-corrected chi connectivity index (χ2v) is 20.6. The number of carboxylic acids is 2. The van der Waals surface area contributed by atoms with Gasteiger partial charge in [0.25, 0.3) is 0 Å². The van der Waals surface area contributed by atoms with Gasteiger partial charge in [-0.1, -0.05) is 133 Å². The van der Waals surface area contributed by atoms with Gasteiger partial charge in [0, 0.05) is 61.9 Å². The van der Waals surface area contributed by atoms with Crippen LogP contribution in [0.2, 0.25) is 0 Å². The van der Waals surface area contributed by atoms with E-state index >= 15 is 0 Å². The molecule has 0 saturated carbocycles. The molecule has 8 aromatic carbocycles. The van der Waals surface area contributed by atoms with Gasteiger partial charge in [-0.15, -0.1) is 0 Å². The van der Waals surface area contributed by atoms with Crippen molar-refractivity contribution in [2.45, 2.75) is 36.8 Å². The van der Waals surface area contributed by atoms with E-state index in [1.54, 1.807) is 20.4 Å². The lowest BCUT2D eigenvalue weighted by molar-refractivity contribution is -0.140. The molecule has 2 aliphatic rings. The van der Waals surface area contributed by atoms with Gasteiger partial charge in [0.15, 0.2) is 0 Å². The molecule has 0 unspecified atom stereocenters. The number of aromatic amines is 2. The molecular formula is C66H57IN4O10. The van der Waals surface area contributed by atoms with Crippen LogP contribution in [-0.4, -0.2) is 83.8 Å². The topological polar surface area (TPSA) is 201 Å². The SMILES string of the molecule is COc1ccc(-c2[nH]c3ccccc3c2C[C@H](NC(=O)OCC2c3ccccc3-c3ccccc32)C(=O)O)cc1.COc1ccc(I)cc1.O=C(N[C@@H](Cc1c[nH]c2ccccc12)C(=O)O)OCC1c2ccccc2-c2ccccc21. The first kappa shape index (κ1) is 55.0. The molecule has 6 N–H and O–H groups in total. The van der Waals surface area contributed by atoms with E-state index in [-0.39, 0.29) is 37.9 Å². The van der Waals surface area contributed by atoms with Crippen LogP contribution in [0, 0.1) is 3.57 Å². The van der Waals surface area contributed by atoms with Crippen molar-refractivity contribution in [2.24, 2.45) is 0 Å². The number of hydrogen-bond acceptors (Lipinski definition) is 8. The van der Waals surface area contributed by atoms with Crippen LogP contribution in [0.4, 0.5) is 9.59 Å². The fraction of sp³-hybridized carbons (Fsp3) is 0.152. The Balaban J connectivity index is 0.000000160. The van der Waals surface area contributed by atoms with Gasteiger partial charge in [-0.3, -0.25) is 0 Å². The van der Waals surface area contributed by atoms with Crippen molar-refractivity contribution < 1.29 is 48.3 Å². The van der Waals surface area contributed by atoms with Crippen molar-refractivity contribution in [1.29, 1.82) is 0 Å². The summed E-state index contributed by atoms with van der Waals surface area (Å²) in [6.07, 6.45) is 0.508. The Bertz CT molecular complexity index is 3780. The number of carbonyl (C=O) groups is 4. The first-order valence-electron chi connectivity index (χ1n) is 26.2. The molecule has 12 rings (SSSR count). The lowest BCUT2D eigenvalue weighted by Crippen LogP contribution is -2.43. The first-order chi connectivity index (χ1) is 39.5. The minimum absolute atomic E-state index is 0.0743. The summed E-state index contributed by atoms with van der Waals surface area (Å²) in [6, 6.07) is 60.8. The lowest BCUT2D eigenvalue weighted by atomic mass is 9.98. The van der Waals surface area contributed by atoms with Crippen molar-refractivity contribution >= 4 is 68.5 Å². The fourth-order valence-electron chi connectivity index (χ4n) is 10.7. The van der Waals surface area contributed by atoms with Crippen molar-refractivity contribution in [3.8, 4) is 45.0 Å². The van der Waals surface area contributed by atoms with Gasteiger partial charge >= 0.3 is 24.1 Å². The highest BCUT2D eigenvalue weighted by Crippen LogP contribution is 2.46. The van der Waals surface area contributed by atoms with E-state index in [2.05, 4.69) is 67.5 Å². The Morgan fingerprint density at radius 3 is 1.38 bits per heavy atom. The van der Waals surface area contributed by atoms with Gasteiger partial charge in [0.2, 0.25) is 0 Å². The Hall–Kier alpha value is -9.35. The lowest BCUT2D eigenvalue weighted by Gasteiger charge is -2.18. The number of nitrogens with one attached hydrogen (secondary N) is 4. The van der Waals surface area contributed by atoms with E-state index in [9.17, 15) is 29.4 Å². The van der Waals surface area contributed by atoms with Crippen molar-refractivity contribution in [3.05, 3.63) is 237 Å². The van der Waals surface area contributed by atoms with E-state index < -0.39 is 36.2 Å². The second-order valence-electron chi connectivity index (χ2n) is 19.4. The maximum atomic E-state index is 12.9. The molecule has 0 fully saturated rings. The molecule has 0 spiro atoms. The molecule has 2 aliphatic carbocycles. The molecule has 15 heteroatoms. The highest BCUT2D eigenvalue weighted by molar-refractivity contribution is 14.1. The summed E-state index contributed by atoms with van der Waals surface area (Å²) >= 11 is 2.26. The largest absolute Gasteiger partial charge is 0.497 e. The van der Waals surface area contributed by atoms with Crippen molar-refractivity contribution in [2.75, 3.05) is 27.4 Å². The third kappa shape index (κ3) is 12.4. The number of hydrogen-bond donors (Lipinski definition) is 6. The molecule has 2 atom stereocenters. The van der Waals surface area contributed by atoms with E-state index in [4.69, 9.17) is 18.9 Å². The van der Waals surface area contributed by atoms with E-state index in [1.807, 2.05) is 170 Å². The average Bonchev–Trinajstić information content (AvgIpc) is 4.39. The number of para-hydroxylation sites is 2. The molecule has 2 heterocycles. The predicted molar refractivity (Wildman–Crippen MR) is 321 cm³/mol. The number of halogens is 1. The molecular weight excluding hydrogens is 1140 g/mol. The summed E-state index contributed by atoms with van der Waals surface area (Å²) in [5.74, 6) is -0.804. The number of aliphatic carboxylic acids is 2. The van der Waals surface area contributed by atoms with Gasteiger partial charge in [0.05, 0.1) is 14.2 Å². The fourth-order valence-corrected chi connectivity index (χ4v) is 11.0.